The van der Waals surface area contributed by atoms with Crippen molar-refractivity contribution < 1.29 is 33.3 Å². The molecule has 0 amide bonds. The van der Waals surface area contributed by atoms with E-state index >= 15 is 0 Å². The third-order valence-corrected chi connectivity index (χ3v) is 0.224. The van der Waals surface area contributed by atoms with Crippen LogP contribution in [0.2, 0.25) is 0 Å². The largest absolute Gasteiger partial charge is 0.396 e. The molecule has 1 nitrogen and oxygen atoms in total. The summed E-state index contributed by atoms with van der Waals surface area (Å²) < 4.78 is 0. The number of hydrogen-bond donors (Lipinski definition) is 1. The average Bonchev–Trinajstić information content (AvgIpc) is 1.37. The molecule has 0 rings (SSSR count). The molecule has 0 spiro atoms. The molecule has 0 fully saturated rings. The normalized spacial score (nSPS) is 3.00. The van der Waals surface area contributed by atoms with Crippen LogP contribution in [-0.2, 0) is 0 Å². The maximum absolute atomic E-state index is 7.88. The van der Waals surface area contributed by atoms with Crippen molar-refractivity contribution in [3.63, 3.8) is 0 Å². The molecular formula is C3H14F6O. The summed E-state index contributed by atoms with van der Waals surface area (Å²) in [5.74, 6) is 0. The molecule has 0 saturated carbocycles. The first-order chi connectivity index (χ1) is 1.91. The van der Waals surface area contributed by atoms with Gasteiger partial charge in [0.2, 0.25) is 0 Å². The Kier molecular flexibility index (Phi) is 2210. The summed E-state index contributed by atoms with van der Waals surface area (Å²) in [4.78, 5) is 0. The van der Waals surface area contributed by atoms with Gasteiger partial charge >= 0.3 is 0 Å². The zero-order valence-electron chi connectivity index (χ0n) is 5.31. The lowest BCUT2D eigenvalue weighted by Gasteiger charge is -1.69. The number of aliphatic hydroxyl groups is 1. The second-order valence-corrected chi connectivity index (χ2v) is 0.724. The van der Waals surface area contributed by atoms with Crippen LogP contribution in [0.3, 0.4) is 0 Å². The second-order valence-electron chi connectivity index (χ2n) is 0.724. The Morgan fingerprint density at radius 1 is 0.800 bits per heavy atom. The van der Waals surface area contributed by atoms with E-state index in [9.17, 15) is 0 Å². The topological polar surface area (TPSA) is 20.2 Å². The summed E-state index contributed by atoms with van der Waals surface area (Å²) in [5, 5.41) is 7.88. The molecule has 0 aliphatic carbocycles. The fraction of sp³-hybridized carbons (Fsp3) is 1.00. The van der Waals surface area contributed by atoms with Gasteiger partial charge in [0.1, 0.15) is 0 Å². The van der Waals surface area contributed by atoms with Crippen LogP contribution in [-0.4, -0.2) is 11.7 Å². The van der Waals surface area contributed by atoms with Crippen molar-refractivity contribution in [3.05, 3.63) is 0 Å². The lowest BCUT2D eigenvalue weighted by molar-refractivity contribution is 0.295. The van der Waals surface area contributed by atoms with Gasteiger partial charge in [0, 0.05) is 6.61 Å². The summed E-state index contributed by atoms with van der Waals surface area (Å²) in [6, 6.07) is 0. The highest BCUT2D eigenvalue weighted by atomic mass is 19.0. The van der Waals surface area contributed by atoms with E-state index in [4.69, 9.17) is 5.11 Å². The average molecular weight is 180 g/mol. The highest BCUT2D eigenvalue weighted by Crippen LogP contribution is 1.61. The Labute approximate surface area is 54.6 Å². The number of hydrogen-bond acceptors (Lipinski definition) is 1. The highest BCUT2D eigenvalue weighted by molar-refractivity contribution is 4.10. The minimum atomic E-state index is 0. The summed E-state index contributed by atoms with van der Waals surface area (Å²) in [7, 11) is 0. The van der Waals surface area contributed by atoms with Gasteiger partial charge in [-0.1, -0.05) is 6.92 Å². The molecule has 74 valence electrons. The first-order valence-corrected chi connectivity index (χ1v) is 1.52. The predicted octanol–water partition coefficient (Wildman–Crippen LogP) is 1.30. The van der Waals surface area contributed by atoms with Gasteiger partial charge in [-0.2, -0.15) is 0 Å². The summed E-state index contributed by atoms with van der Waals surface area (Å²) >= 11 is 0. The minimum Gasteiger partial charge on any atom is -0.396 e. The third kappa shape index (κ3) is 1110. The monoisotopic (exact) mass is 180 g/mol. The molecule has 0 bridgehead atoms. The van der Waals surface area contributed by atoms with E-state index in [1.807, 2.05) is 6.92 Å². The molecular weight excluding hydrogens is 166 g/mol. The molecule has 0 aromatic carbocycles. The molecule has 0 heterocycles. The van der Waals surface area contributed by atoms with Gasteiger partial charge in [-0.15, -0.1) is 0 Å². The van der Waals surface area contributed by atoms with Gasteiger partial charge in [0.15, 0.2) is 0 Å². The molecule has 0 aromatic heterocycles. The van der Waals surface area contributed by atoms with E-state index < -0.39 is 0 Å². The van der Waals surface area contributed by atoms with Gasteiger partial charge in [0.05, 0.1) is 0 Å². The van der Waals surface area contributed by atoms with E-state index in [0.29, 0.717) is 6.61 Å². The van der Waals surface area contributed by atoms with Crippen molar-refractivity contribution in [1.82, 2.24) is 0 Å². The molecule has 1 N–H and O–H groups in total. The quantitative estimate of drug-likeness (QED) is 0.603. The predicted molar refractivity (Wildman–Crippen MR) is 32.4 cm³/mol. The van der Waals surface area contributed by atoms with Crippen LogP contribution in [0.1, 0.15) is 13.3 Å². The van der Waals surface area contributed by atoms with Crippen LogP contribution in [0.4, 0.5) is 28.2 Å². The number of rotatable bonds is 1. The molecule has 0 saturated heterocycles. The van der Waals surface area contributed by atoms with E-state index in [2.05, 4.69) is 0 Å². The number of halogens is 6. The first kappa shape index (κ1) is 108. The zero-order chi connectivity index (χ0) is 3.41. The smallest absolute Gasteiger partial charge is 0.0428 e. The Morgan fingerprint density at radius 3 is 0.900 bits per heavy atom. The van der Waals surface area contributed by atoms with E-state index in [1.54, 1.807) is 0 Å². The fourth-order valence-corrected chi connectivity index (χ4v) is 0. The molecule has 0 aromatic rings. The second kappa shape index (κ2) is 205. The Hall–Kier alpha value is -0.460. The van der Waals surface area contributed by atoms with Crippen molar-refractivity contribution in [2.24, 2.45) is 0 Å². The Bertz CT molecular complexity index is 15.0. The zero-order valence-corrected chi connectivity index (χ0v) is 5.31. The standard InChI is InChI=1S/C3H8O.6FH/c1-2-3-4;;;;;;/h4H,2-3H2,1H3;6*1H. The van der Waals surface area contributed by atoms with E-state index in [-0.39, 0.29) is 28.2 Å². The van der Waals surface area contributed by atoms with Crippen LogP contribution in [0, 0.1) is 0 Å². The van der Waals surface area contributed by atoms with Crippen LogP contribution < -0.4 is 0 Å². The molecule has 0 unspecified atom stereocenters. The maximum Gasteiger partial charge on any atom is 0.0428 e. The minimum absolute atomic E-state index is 0. The van der Waals surface area contributed by atoms with Gasteiger partial charge < -0.3 is 5.11 Å². The van der Waals surface area contributed by atoms with Crippen LogP contribution in [0.15, 0.2) is 0 Å². The van der Waals surface area contributed by atoms with Crippen molar-refractivity contribution in [2.45, 2.75) is 13.3 Å². The third-order valence-electron chi connectivity index (χ3n) is 0.224. The van der Waals surface area contributed by atoms with Gasteiger partial charge in [-0.25, -0.2) is 0 Å². The van der Waals surface area contributed by atoms with Crippen molar-refractivity contribution in [2.75, 3.05) is 6.61 Å². The summed E-state index contributed by atoms with van der Waals surface area (Å²) in [5.41, 5.74) is 0. The lowest BCUT2D eigenvalue weighted by Crippen LogP contribution is -1.69. The van der Waals surface area contributed by atoms with Crippen LogP contribution in [0.5, 0.6) is 0 Å². The van der Waals surface area contributed by atoms with Crippen LogP contribution >= 0.6 is 0 Å². The summed E-state index contributed by atoms with van der Waals surface area (Å²) in [6.45, 7) is 2.25. The van der Waals surface area contributed by atoms with Crippen molar-refractivity contribution in [3.8, 4) is 0 Å². The molecule has 7 heteroatoms. The lowest BCUT2D eigenvalue weighted by atomic mass is 10.5. The van der Waals surface area contributed by atoms with E-state index in [0.717, 1.165) is 6.42 Å². The molecule has 0 atom stereocenters. The van der Waals surface area contributed by atoms with Crippen LogP contribution in [0.25, 0.3) is 0 Å². The number of aliphatic hydroxyl groups excluding tert-OH is 1. The highest BCUT2D eigenvalue weighted by Gasteiger charge is 1.57. The van der Waals surface area contributed by atoms with Crippen molar-refractivity contribution in [1.29, 1.82) is 0 Å². The maximum atomic E-state index is 7.88. The molecule has 10 heavy (non-hydrogen) atoms. The van der Waals surface area contributed by atoms with Gasteiger partial charge in [0.25, 0.3) is 0 Å². The van der Waals surface area contributed by atoms with E-state index in [1.165, 1.54) is 0 Å². The molecule has 0 aliphatic heterocycles. The summed E-state index contributed by atoms with van der Waals surface area (Å²) in [6.07, 6.45) is 0.875. The van der Waals surface area contributed by atoms with Gasteiger partial charge in [-0.05, 0) is 6.42 Å². The SMILES string of the molecule is CCCO.F.F.F.F.F.F. The van der Waals surface area contributed by atoms with Crippen molar-refractivity contribution >= 4 is 0 Å². The Morgan fingerprint density at radius 2 is 0.900 bits per heavy atom. The Balaban J connectivity index is -0.00000000300. The molecule has 0 radical (unpaired) electrons. The fourth-order valence-electron chi connectivity index (χ4n) is 0. The van der Waals surface area contributed by atoms with Gasteiger partial charge in [-0.3, -0.25) is 28.2 Å². The molecule has 0 aliphatic rings. The first-order valence-electron chi connectivity index (χ1n) is 1.52.